The van der Waals surface area contributed by atoms with Gasteiger partial charge in [0.25, 0.3) is 0 Å². The predicted molar refractivity (Wildman–Crippen MR) is 95.7 cm³/mol. The van der Waals surface area contributed by atoms with Crippen LogP contribution in [0.15, 0.2) is 0 Å². The van der Waals surface area contributed by atoms with Crippen LogP contribution in [0.5, 0.6) is 0 Å². The molecular weight excluding hydrogens is 254 g/mol. The molecular formula is C20H41N. The van der Waals surface area contributed by atoms with Crippen molar-refractivity contribution in [2.75, 3.05) is 6.54 Å². The van der Waals surface area contributed by atoms with Crippen LogP contribution in [0.4, 0.5) is 0 Å². The summed E-state index contributed by atoms with van der Waals surface area (Å²) in [5.41, 5.74) is 0. The van der Waals surface area contributed by atoms with Gasteiger partial charge in [0.05, 0.1) is 0 Å². The first kappa shape index (κ1) is 19.0. The van der Waals surface area contributed by atoms with E-state index >= 15 is 0 Å². The largest absolute Gasteiger partial charge is 0.314 e. The normalized spacial score (nSPS) is 25.7. The summed E-state index contributed by atoms with van der Waals surface area (Å²) in [5, 5.41) is 3.91. The Morgan fingerprint density at radius 1 is 0.952 bits per heavy atom. The van der Waals surface area contributed by atoms with Gasteiger partial charge in [-0.3, -0.25) is 0 Å². The molecule has 2 unspecified atom stereocenters. The van der Waals surface area contributed by atoms with E-state index in [-0.39, 0.29) is 0 Å². The highest BCUT2D eigenvalue weighted by Gasteiger charge is 2.28. The highest BCUT2D eigenvalue weighted by Crippen LogP contribution is 2.35. The first-order valence-corrected chi connectivity index (χ1v) is 9.98. The lowest BCUT2D eigenvalue weighted by atomic mass is 9.75. The zero-order chi connectivity index (χ0) is 15.5. The van der Waals surface area contributed by atoms with E-state index in [9.17, 15) is 0 Å². The van der Waals surface area contributed by atoms with Crippen molar-refractivity contribution in [3.05, 3.63) is 0 Å². The van der Waals surface area contributed by atoms with E-state index in [0.29, 0.717) is 0 Å². The van der Waals surface area contributed by atoms with Crippen molar-refractivity contribution in [3.8, 4) is 0 Å². The van der Waals surface area contributed by atoms with Crippen molar-refractivity contribution in [2.45, 2.75) is 104 Å². The molecule has 0 radical (unpaired) electrons. The van der Waals surface area contributed by atoms with Crippen LogP contribution in [-0.4, -0.2) is 12.6 Å². The van der Waals surface area contributed by atoms with Gasteiger partial charge in [-0.15, -0.1) is 0 Å². The second-order valence-corrected chi connectivity index (χ2v) is 7.40. The lowest BCUT2D eigenvalue weighted by Gasteiger charge is -2.36. The summed E-state index contributed by atoms with van der Waals surface area (Å²) in [6.07, 6.45) is 15.6. The average molecular weight is 296 g/mol. The SMILES string of the molecule is CCCCC(CC)CC(NCCC)C1CCC(CC)CC1. The minimum absolute atomic E-state index is 0.796. The van der Waals surface area contributed by atoms with Crippen LogP contribution in [0.2, 0.25) is 0 Å². The van der Waals surface area contributed by atoms with Crippen LogP contribution in [0.3, 0.4) is 0 Å². The standard InChI is InChI=1S/C20H41N/c1-5-9-10-18(8-4)16-20(21-15-6-2)19-13-11-17(7-3)12-14-19/h17-21H,5-16H2,1-4H3. The quantitative estimate of drug-likeness (QED) is 0.480. The van der Waals surface area contributed by atoms with Crippen LogP contribution in [0.1, 0.15) is 98.3 Å². The van der Waals surface area contributed by atoms with Gasteiger partial charge in [-0.1, -0.05) is 72.6 Å². The number of nitrogens with one attached hydrogen (secondary N) is 1. The molecule has 1 rings (SSSR count). The van der Waals surface area contributed by atoms with Gasteiger partial charge in [0.15, 0.2) is 0 Å². The number of hydrogen-bond donors (Lipinski definition) is 1. The van der Waals surface area contributed by atoms with Gasteiger partial charge in [0.1, 0.15) is 0 Å². The molecule has 21 heavy (non-hydrogen) atoms. The molecule has 1 aliphatic carbocycles. The Bertz CT molecular complexity index is 230. The maximum atomic E-state index is 3.91. The summed E-state index contributed by atoms with van der Waals surface area (Å²) < 4.78 is 0. The van der Waals surface area contributed by atoms with Crippen molar-refractivity contribution >= 4 is 0 Å². The molecule has 0 saturated heterocycles. The highest BCUT2D eigenvalue weighted by atomic mass is 14.9. The molecule has 1 fully saturated rings. The van der Waals surface area contributed by atoms with E-state index in [0.717, 1.165) is 23.8 Å². The molecule has 0 aromatic rings. The Morgan fingerprint density at radius 3 is 2.19 bits per heavy atom. The third-order valence-electron chi connectivity index (χ3n) is 5.82. The Morgan fingerprint density at radius 2 is 1.67 bits per heavy atom. The molecule has 0 spiro atoms. The van der Waals surface area contributed by atoms with Crippen molar-refractivity contribution in [3.63, 3.8) is 0 Å². The summed E-state index contributed by atoms with van der Waals surface area (Å²) >= 11 is 0. The molecule has 1 heteroatoms. The molecule has 0 aromatic heterocycles. The fourth-order valence-electron chi connectivity index (χ4n) is 4.11. The fraction of sp³-hybridized carbons (Fsp3) is 1.00. The maximum Gasteiger partial charge on any atom is 0.00979 e. The Kier molecular flexibility index (Phi) is 10.4. The monoisotopic (exact) mass is 295 g/mol. The van der Waals surface area contributed by atoms with E-state index in [2.05, 4.69) is 33.0 Å². The van der Waals surface area contributed by atoms with Gasteiger partial charge in [0.2, 0.25) is 0 Å². The molecule has 1 aliphatic rings. The molecule has 1 N–H and O–H groups in total. The van der Waals surface area contributed by atoms with E-state index < -0.39 is 0 Å². The molecule has 126 valence electrons. The molecule has 0 aromatic carbocycles. The van der Waals surface area contributed by atoms with Crippen LogP contribution in [0, 0.1) is 17.8 Å². The third kappa shape index (κ3) is 7.17. The summed E-state index contributed by atoms with van der Waals surface area (Å²) in [5.74, 6) is 2.92. The van der Waals surface area contributed by atoms with Crippen LogP contribution >= 0.6 is 0 Å². The molecule has 0 heterocycles. The summed E-state index contributed by atoms with van der Waals surface area (Å²) in [4.78, 5) is 0. The van der Waals surface area contributed by atoms with Gasteiger partial charge in [-0.2, -0.15) is 0 Å². The molecule has 0 bridgehead atoms. The first-order valence-electron chi connectivity index (χ1n) is 9.98. The number of hydrogen-bond acceptors (Lipinski definition) is 1. The third-order valence-corrected chi connectivity index (χ3v) is 5.82. The van der Waals surface area contributed by atoms with E-state index in [1.807, 2.05) is 0 Å². The van der Waals surface area contributed by atoms with E-state index in [1.54, 1.807) is 0 Å². The minimum Gasteiger partial charge on any atom is -0.314 e. The smallest absolute Gasteiger partial charge is 0.00979 e. The molecule has 1 nitrogen and oxygen atoms in total. The van der Waals surface area contributed by atoms with Gasteiger partial charge in [-0.25, -0.2) is 0 Å². The summed E-state index contributed by atoms with van der Waals surface area (Å²) in [6, 6.07) is 0.796. The molecule has 0 amide bonds. The zero-order valence-electron chi connectivity index (χ0n) is 15.3. The highest BCUT2D eigenvalue weighted by molar-refractivity contribution is 4.83. The lowest BCUT2D eigenvalue weighted by Crippen LogP contribution is -2.40. The first-order chi connectivity index (χ1) is 10.2. The Hall–Kier alpha value is -0.0400. The molecule has 2 atom stereocenters. The summed E-state index contributed by atoms with van der Waals surface area (Å²) in [6.45, 7) is 10.6. The van der Waals surface area contributed by atoms with Gasteiger partial charge >= 0.3 is 0 Å². The second-order valence-electron chi connectivity index (χ2n) is 7.40. The Balaban J connectivity index is 2.49. The second kappa shape index (κ2) is 11.5. The minimum atomic E-state index is 0.796. The van der Waals surface area contributed by atoms with Gasteiger partial charge in [-0.05, 0) is 50.0 Å². The number of unbranched alkanes of at least 4 members (excludes halogenated alkanes) is 1. The molecule has 0 aliphatic heterocycles. The fourth-order valence-corrected chi connectivity index (χ4v) is 4.11. The van der Waals surface area contributed by atoms with Crippen molar-refractivity contribution in [1.29, 1.82) is 0 Å². The predicted octanol–water partition coefficient (Wildman–Crippen LogP) is 6.18. The van der Waals surface area contributed by atoms with Crippen molar-refractivity contribution in [1.82, 2.24) is 5.32 Å². The molecule has 1 saturated carbocycles. The van der Waals surface area contributed by atoms with Crippen LogP contribution < -0.4 is 5.32 Å². The zero-order valence-corrected chi connectivity index (χ0v) is 15.3. The van der Waals surface area contributed by atoms with Crippen molar-refractivity contribution < 1.29 is 0 Å². The van der Waals surface area contributed by atoms with Gasteiger partial charge in [0, 0.05) is 6.04 Å². The van der Waals surface area contributed by atoms with Crippen LogP contribution in [0.25, 0.3) is 0 Å². The van der Waals surface area contributed by atoms with Gasteiger partial charge < -0.3 is 5.32 Å². The van der Waals surface area contributed by atoms with Crippen LogP contribution in [-0.2, 0) is 0 Å². The van der Waals surface area contributed by atoms with Crippen molar-refractivity contribution in [2.24, 2.45) is 17.8 Å². The van der Waals surface area contributed by atoms with E-state index in [4.69, 9.17) is 0 Å². The Labute approximate surface area is 134 Å². The van der Waals surface area contributed by atoms with E-state index in [1.165, 1.54) is 77.2 Å². The number of rotatable bonds is 11. The summed E-state index contributed by atoms with van der Waals surface area (Å²) in [7, 11) is 0. The lowest BCUT2D eigenvalue weighted by molar-refractivity contribution is 0.192. The maximum absolute atomic E-state index is 3.91. The average Bonchev–Trinajstić information content (AvgIpc) is 2.54. The topological polar surface area (TPSA) is 12.0 Å².